The molecule has 15 heteroatoms. The van der Waals surface area contributed by atoms with E-state index < -0.39 is 0 Å². The van der Waals surface area contributed by atoms with Crippen LogP contribution >= 0.6 is 11.6 Å². The van der Waals surface area contributed by atoms with Crippen LogP contribution in [0.2, 0.25) is 5.02 Å². The first-order chi connectivity index (χ1) is 38.2. The van der Waals surface area contributed by atoms with Gasteiger partial charge < -0.3 is 31.9 Å². The minimum absolute atomic E-state index is 0.108. The number of hydrogen-bond acceptors (Lipinski definition) is 10. The van der Waals surface area contributed by atoms with Crippen LogP contribution in [0.4, 0.5) is 45.9 Å². The van der Waals surface area contributed by atoms with Crippen molar-refractivity contribution >= 4 is 119 Å². The fourth-order valence-corrected chi connectivity index (χ4v) is 11.6. The van der Waals surface area contributed by atoms with Crippen molar-refractivity contribution in [1.29, 1.82) is 0 Å². The summed E-state index contributed by atoms with van der Waals surface area (Å²) in [5, 5.41) is 31.3. The molecule has 5 aromatic carbocycles. The molecule has 4 heterocycles. The molecule has 0 spiro atoms. The van der Waals surface area contributed by atoms with Crippen LogP contribution in [0.25, 0.3) is 43.6 Å². The smallest absolute Gasteiger partial charge is 0.227 e. The van der Waals surface area contributed by atoms with E-state index in [2.05, 4.69) is 47.1 Å². The van der Waals surface area contributed by atoms with Crippen LogP contribution in [0.3, 0.4) is 0 Å². The number of halogens is 1. The Morgan fingerprint density at radius 3 is 1.32 bits per heavy atom. The predicted molar refractivity (Wildman–Crippen MR) is 317 cm³/mol. The SMILES string of the molecule is O=C(Nc1cc(NC2CCCC2)nc2ccccc12)C1CCCC1.O=C(Nc1cc(Nc2ccc(Cl)cc2)nc2ccccc12)C1CCCC1.O=C(Nc1cc(Nc2ccc3cn[nH]c3c2)nc2ccccc12)C1CCCC1. The Balaban J connectivity index is 0.000000124. The number of carbonyl (C=O) groups excluding carboxylic acids is 3. The largest absolute Gasteiger partial charge is 0.367 e. The second kappa shape index (κ2) is 24.5. The molecule has 9 aromatic rings. The van der Waals surface area contributed by atoms with Gasteiger partial charge in [-0.3, -0.25) is 19.5 Å². The molecule has 0 saturated heterocycles. The highest BCUT2D eigenvalue weighted by atomic mass is 35.5. The number of aromatic amines is 1. The van der Waals surface area contributed by atoms with Crippen molar-refractivity contribution < 1.29 is 14.4 Å². The molecule has 3 amide bonds. The third kappa shape index (κ3) is 12.8. The van der Waals surface area contributed by atoms with Crippen molar-refractivity contribution in [1.82, 2.24) is 25.1 Å². The number of pyridine rings is 3. The quantitative estimate of drug-likeness (QED) is 0.0620. The lowest BCUT2D eigenvalue weighted by Gasteiger charge is -2.17. The van der Waals surface area contributed by atoms with E-state index in [1.807, 2.05) is 133 Å². The highest BCUT2D eigenvalue weighted by Gasteiger charge is 2.26. The molecule has 4 aliphatic rings. The minimum atomic E-state index is 0.108. The number of nitrogens with zero attached hydrogens (tertiary/aromatic N) is 4. The summed E-state index contributed by atoms with van der Waals surface area (Å²) in [6.45, 7) is 0. The van der Waals surface area contributed by atoms with Gasteiger partial charge in [-0.05, 0) is 112 Å². The zero-order chi connectivity index (χ0) is 53.2. The number of nitrogens with one attached hydrogen (secondary N) is 7. The molecule has 398 valence electrons. The van der Waals surface area contributed by atoms with E-state index in [0.29, 0.717) is 22.7 Å². The molecule has 4 aromatic heterocycles. The molecular weight excluding hydrogens is 994 g/mol. The van der Waals surface area contributed by atoms with Gasteiger partial charge >= 0.3 is 0 Å². The van der Waals surface area contributed by atoms with E-state index in [-0.39, 0.29) is 35.5 Å². The number of rotatable bonds is 12. The number of aromatic nitrogens is 5. The van der Waals surface area contributed by atoms with Crippen molar-refractivity contribution in [2.24, 2.45) is 17.8 Å². The van der Waals surface area contributed by atoms with Gasteiger partial charge in [0.1, 0.15) is 17.5 Å². The Hall–Kier alpha value is -8.10. The van der Waals surface area contributed by atoms with Crippen LogP contribution in [0, 0.1) is 17.8 Å². The minimum Gasteiger partial charge on any atom is -0.367 e. The van der Waals surface area contributed by atoms with Crippen LogP contribution in [-0.4, -0.2) is 48.9 Å². The van der Waals surface area contributed by atoms with Crippen molar-refractivity contribution in [2.75, 3.05) is 31.9 Å². The molecular formula is C63H66ClN11O3. The summed E-state index contributed by atoms with van der Waals surface area (Å²) in [5.41, 5.74) is 7.86. The molecule has 0 aliphatic heterocycles. The zero-order valence-electron chi connectivity index (χ0n) is 43.8. The third-order valence-corrected chi connectivity index (χ3v) is 15.9. The van der Waals surface area contributed by atoms with Gasteiger partial charge in [0.15, 0.2) is 0 Å². The number of para-hydroxylation sites is 3. The Kier molecular flexibility index (Phi) is 16.3. The van der Waals surface area contributed by atoms with E-state index in [0.717, 1.165) is 142 Å². The second-order valence-electron chi connectivity index (χ2n) is 21.2. The van der Waals surface area contributed by atoms with Crippen molar-refractivity contribution in [3.8, 4) is 0 Å². The van der Waals surface area contributed by atoms with E-state index in [4.69, 9.17) is 21.6 Å². The molecule has 0 unspecified atom stereocenters. The van der Waals surface area contributed by atoms with Gasteiger partial charge in [0, 0.05) is 79.9 Å². The highest BCUT2D eigenvalue weighted by molar-refractivity contribution is 6.30. The average molecular weight is 1060 g/mol. The summed E-state index contributed by atoms with van der Waals surface area (Å²) in [4.78, 5) is 52.0. The van der Waals surface area contributed by atoms with Crippen LogP contribution < -0.4 is 31.9 Å². The van der Waals surface area contributed by atoms with Gasteiger partial charge in [-0.2, -0.15) is 5.10 Å². The van der Waals surface area contributed by atoms with Crippen LogP contribution in [0.5, 0.6) is 0 Å². The molecule has 7 N–H and O–H groups in total. The lowest BCUT2D eigenvalue weighted by atomic mass is 10.1. The Morgan fingerprint density at radius 1 is 0.449 bits per heavy atom. The zero-order valence-corrected chi connectivity index (χ0v) is 44.5. The van der Waals surface area contributed by atoms with Crippen LogP contribution in [0.1, 0.15) is 103 Å². The fourth-order valence-electron chi connectivity index (χ4n) is 11.4. The van der Waals surface area contributed by atoms with Gasteiger partial charge in [-0.1, -0.05) is 118 Å². The number of hydrogen-bond donors (Lipinski definition) is 7. The summed E-state index contributed by atoms with van der Waals surface area (Å²) < 4.78 is 0. The lowest BCUT2D eigenvalue weighted by molar-refractivity contribution is -0.120. The summed E-state index contributed by atoms with van der Waals surface area (Å²) in [6, 6.07) is 43.5. The summed E-state index contributed by atoms with van der Waals surface area (Å²) in [6.07, 6.45) is 19.6. The number of carbonyl (C=O) groups is 3. The lowest BCUT2D eigenvalue weighted by Crippen LogP contribution is -2.21. The van der Waals surface area contributed by atoms with Gasteiger partial charge in [-0.25, -0.2) is 15.0 Å². The normalized spacial score (nSPS) is 15.9. The molecule has 13 rings (SSSR count). The molecule has 4 aliphatic carbocycles. The topological polar surface area (TPSA) is 191 Å². The molecule has 4 fully saturated rings. The van der Waals surface area contributed by atoms with E-state index in [1.165, 1.54) is 38.5 Å². The van der Waals surface area contributed by atoms with Gasteiger partial charge in [-0.15, -0.1) is 0 Å². The number of benzene rings is 5. The van der Waals surface area contributed by atoms with Crippen molar-refractivity contribution in [3.63, 3.8) is 0 Å². The standard InChI is InChI=1S/C22H21N5O.C21H20ClN3O.C20H25N3O/c28-22(14-5-1-2-6-14)26-20-12-21(25-18-8-4-3-7-17(18)20)24-16-10-9-15-13-23-27-19(15)11-16;22-15-9-11-16(12-10-15)23-20-13-19(17-7-3-4-8-18(17)24-20)25-21(26)14-5-1-2-6-14;24-20(14-7-1-2-8-14)23-18-13-19(21-15-9-3-4-10-15)22-17-12-6-5-11-16(17)18/h3-4,7-14H,1-2,5-6H2,(H,23,27)(H2,24,25,26,28);3-4,7-14H,1-2,5-6H2,(H2,23,24,25,26);5-6,11-15H,1-4,7-10H2,(H2,21,22,23,24). The summed E-state index contributed by atoms with van der Waals surface area (Å²) >= 11 is 5.95. The molecule has 0 bridgehead atoms. The number of amides is 3. The predicted octanol–water partition coefficient (Wildman–Crippen LogP) is 15.5. The molecule has 4 saturated carbocycles. The Bertz CT molecular complexity index is 3560. The maximum Gasteiger partial charge on any atom is 0.227 e. The Labute approximate surface area is 459 Å². The maximum absolute atomic E-state index is 12.7. The molecule has 14 nitrogen and oxygen atoms in total. The highest BCUT2D eigenvalue weighted by Crippen LogP contribution is 2.35. The first-order valence-corrected chi connectivity index (χ1v) is 28.2. The van der Waals surface area contributed by atoms with E-state index in [1.54, 1.807) is 6.20 Å². The second-order valence-corrected chi connectivity index (χ2v) is 21.6. The van der Waals surface area contributed by atoms with Gasteiger partial charge in [0.2, 0.25) is 17.7 Å². The fraction of sp³-hybridized carbons (Fsp3) is 0.317. The summed E-state index contributed by atoms with van der Waals surface area (Å²) in [5.74, 6) is 3.05. The molecule has 0 atom stereocenters. The van der Waals surface area contributed by atoms with Gasteiger partial charge in [0.25, 0.3) is 0 Å². The summed E-state index contributed by atoms with van der Waals surface area (Å²) in [7, 11) is 0. The van der Waals surface area contributed by atoms with Crippen molar-refractivity contribution in [3.05, 3.63) is 145 Å². The van der Waals surface area contributed by atoms with Gasteiger partial charge in [0.05, 0.1) is 45.3 Å². The average Bonchev–Trinajstić information content (AvgIpc) is 4.35. The van der Waals surface area contributed by atoms with Crippen LogP contribution in [0.15, 0.2) is 140 Å². The molecule has 78 heavy (non-hydrogen) atoms. The van der Waals surface area contributed by atoms with E-state index in [9.17, 15) is 14.4 Å². The number of anilines is 8. The number of fused-ring (bicyclic) bond motifs is 4. The molecule has 0 radical (unpaired) electrons. The monoisotopic (exact) mass is 1060 g/mol. The third-order valence-electron chi connectivity index (χ3n) is 15.6. The maximum atomic E-state index is 12.7. The van der Waals surface area contributed by atoms with Crippen LogP contribution in [-0.2, 0) is 14.4 Å². The first-order valence-electron chi connectivity index (χ1n) is 27.9. The Morgan fingerprint density at radius 2 is 0.846 bits per heavy atom. The number of H-pyrrole nitrogens is 1. The van der Waals surface area contributed by atoms with Crippen molar-refractivity contribution in [2.45, 2.75) is 109 Å². The van der Waals surface area contributed by atoms with E-state index >= 15 is 0 Å². The first kappa shape index (κ1) is 52.0.